The molecule has 1 aliphatic rings. The fourth-order valence-electron chi connectivity index (χ4n) is 3.17. The molecule has 1 fully saturated rings. The molecule has 1 heterocycles. The van der Waals surface area contributed by atoms with Crippen molar-refractivity contribution in [1.29, 1.82) is 0 Å². The highest BCUT2D eigenvalue weighted by Gasteiger charge is 2.30. The van der Waals surface area contributed by atoms with Gasteiger partial charge >= 0.3 is 6.18 Å². The summed E-state index contributed by atoms with van der Waals surface area (Å²) in [5, 5.41) is 3.35. The Kier molecular flexibility index (Phi) is 7.37. The lowest BCUT2D eigenvalue weighted by atomic mass is 10.2. The minimum atomic E-state index is -4.48. The Morgan fingerprint density at radius 2 is 1.86 bits per heavy atom. The number of rotatable bonds is 6. The van der Waals surface area contributed by atoms with Gasteiger partial charge in [-0.3, -0.25) is 4.79 Å². The first-order valence-electron chi connectivity index (χ1n) is 10.2. The molecule has 0 saturated carbocycles. The Labute approximate surface area is 208 Å². The lowest BCUT2D eigenvalue weighted by Gasteiger charge is -2.12. The van der Waals surface area contributed by atoms with E-state index in [-0.39, 0.29) is 17.5 Å². The number of benzene rings is 3. The van der Waals surface area contributed by atoms with Crippen LogP contribution in [-0.2, 0) is 17.6 Å². The summed E-state index contributed by atoms with van der Waals surface area (Å²) in [6, 6.07) is 17.1. The summed E-state index contributed by atoms with van der Waals surface area (Å²) >= 11 is 7.20. The largest absolute Gasteiger partial charge is 0.493 e. The topological polar surface area (TPSA) is 59.9 Å². The molecule has 3 aromatic carbocycles. The van der Waals surface area contributed by atoms with Crippen LogP contribution in [0.25, 0.3) is 6.08 Å². The molecule has 1 saturated heterocycles. The number of amides is 1. The van der Waals surface area contributed by atoms with E-state index in [9.17, 15) is 18.0 Å². The molecular weight excluding hydrogens is 501 g/mol. The van der Waals surface area contributed by atoms with Crippen molar-refractivity contribution >= 4 is 46.2 Å². The first-order valence-corrected chi connectivity index (χ1v) is 11.4. The number of aliphatic imine (C=N–C) groups is 1. The van der Waals surface area contributed by atoms with E-state index in [1.807, 2.05) is 18.2 Å². The van der Waals surface area contributed by atoms with Gasteiger partial charge in [0.1, 0.15) is 6.61 Å². The quantitative estimate of drug-likeness (QED) is 0.363. The monoisotopic (exact) mass is 518 g/mol. The number of amidine groups is 1. The second-order valence-electron chi connectivity index (χ2n) is 7.32. The summed E-state index contributed by atoms with van der Waals surface area (Å²) in [6.07, 6.45) is -2.84. The number of carbonyl (C=O) groups is 1. The van der Waals surface area contributed by atoms with Crippen LogP contribution in [-0.4, -0.2) is 18.2 Å². The van der Waals surface area contributed by atoms with Crippen LogP contribution in [0.1, 0.15) is 16.7 Å². The summed E-state index contributed by atoms with van der Waals surface area (Å²) < 4.78 is 50.1. The second kappa shape index (κ2) is 10.5. The number of ether oxygens (including phenoxy) is 2. The van der Waals surface area contributed by atoms with Crippen LogP contribution in [0.15, 0.2) is 76.6 Å². The van der Waals surface area contributed by atoms with Gasteiger partial charge in [0.2, 0.25) is 0 Å². The summed E-state index contributed by atoms with van der Waals surface area (Å²) in [5.74, 6) is 0.566. The molecule has 0 radical (unpaired) electrons. The Hall–Kier alpha value is -3.43. The molecule has 0 aliphatic carbocycles. The van der Waals surface area contributed by atoms with Crippen LogP contribution in [0.2, 0.25) is 5.02 Å². The maximum absolute atomic E-state index is 12.9. The predicted molar refractivity (Wildman–Crippen MR) is 131 cm³/mol. The lowest BCUT2D eigenvalue weighted by molar-refractivity contribution is -0.137. The standard InChI is InChI=1S/C25H18ClF3N2O3S/c1-33-21-11-15(9-10-20(21)34-14-16-5-2-3-8-19(16)26)12-22-23(32)31-24(35-22)30-18-7-4-6-17(13-18)25(27,28)29/h2-13H,14H2,1H3,(H,30,31,32)/b22-12-. The first-order chi connectivity index (χ1) is 16.7. The van der Waals surface area contributed by atoms with E-state index >= 15 is 0 Å². The molecule has 1 amide bonds. The van der Waals surface area contributed by atoms with Gasteiger partial charge in [0, 0.05) is 10.6 Å². The molecule has 180 valence electrons. The third-order valence-electron chi connectivity index (χ3n) is 4.88. The van der Waals surface area contributed by atoms with Crippen molar-refractivity contribution in [1.82, 2.24) is 5.32 Å². The van der Waals surface area contributed by atoms with E-state index in [2.05, 4.69) is 10.3 Å². The van der Waals surface area contributed by atoms with Crippen molar-refractivity contribution in [2.45, 2.75) is 12.8 Å². The van der Waals surface area contributed by atoms with E-state index < -0.39 is 17.6 Å². The number of hydrogen-bond donors (Lipinski definition) is 1. The predicted octanol–water partition coefficient (Wildman–Crippen LogP) is 6.84. The molecule has 4 rings (SSSR count). The minimum Gasteiger partial charge on any atom is -0.493 e. The number of nitrogens with one attached hydrogen (secondary N) is 1. The van der Waals surface area contributed by atoms with E-state index in [0.717, 1.165) is 29.5 Å². The average molecular weight is 519 g/mol. The molecule has 0 unspecified atom stereocenters. The van der Waals surface area contributed by atoms with E-state index in [0.29, 0.717) is 27.0 Å². The Morgan fingerprint density at radius 1 is 1.06 bits per heavy atom. The zero-order valence-corrected chi connectivity index (χ0v) is 19.8. The van der Waals surface area contributed by atoms with Crippen molar-refractivity contribution in [2.75, 3.05) is 7.11 Å². The van der Waals surface area contributed by atoms with Gasteiger partial charge in [-0.05, 0) is 59.8 Å². The van der Waals surface area contributed by atoms with Gasteiger partial charge in [-0.15, -0.1) is 0 Å². The van der Waals surface area contributed by atoms with Crippen LogP contribution < -0.4 is 14.8 Å². The molecule has 0 bridgehead atoms. The van der Waals surface area contributed by atoms with Crippen molar-refractivity contribution < 1.29 is 27.4 Å². The Bertz CT molecular complexity index is 1330. The number of thioether (sulfide) groups is 1. The van der Waals surface area contributed by atoms with Crippen molar-refractivity contribution in [3.8, 4) is 11.5 Å². The van der Waals surface area contributed by atoms with E-state index in [1.165, 1.54) is 19.2 Å². The summed E-state index contributed by atoms with van der Waals surface area (Å²) in [7, 11) is 1.51. The molecule has 35 heavy (non-hydrogen) atoms. The normalized spacial score (nSPS) is 16.0. The third kappa shape index (κ3) is 6.17. The summed E-state index contributed by atoms with van der Waals surface area (Å²) in [6.45, 7) is 0.254. The van der Waals surface area contributed by atoms with Crippen LogP contribution in [0.5, 0.6) is 11.5 Å². The van der Waals surface area contributed by atoms with Crippen LogP contribution >= 0.6 is 23.4 Å². The smallest absolute Gasteiger partial charge is 0.416 e. The fourth-order valence-corrected chi connectivity index (χ4v) is 4.20. The Morgan fingerprint density at radius 3 is 2.60 bits per heavy atom. The van der Waals surface area contributed by atoms with Crippen LogP contribution in [0, 0.1) is 0 Å². The zero-order chi connectivity index (χ0) is 25.0. The van der Waals surface area contributed by atoms with Crippen molar-refractivity contribution in [3.05, 3.63) is 93.3 Å². The fraction of sp³-hybridized carbons (Fsp3) is 0.120. The first kappa shape index (κ1) is 24.7. The molecule has 3 aromatic rings. The van der Waals surface area contributed by atoms with Gasteiger partial charge < -0.3 is 14.8 Å². The summed E-state index contributed by atoms with van der Waals surface area (Å²) in [4.78, 5) is 16.9. The molecule has 5 nitrogen and oxygen atoms in total. The van der Waals surface area contributed by atoms with Gasteiger partial charge in [0.25, 0.3) is 5.91 Å². The number of nitrogens with zero attached hydrogens (tertiary/aromatic N) is 1. The number of carbonyl (C=O) groups excluding carboxylic acids is 1. The summed E-state index contributed by atoms with van der Waals surface area (Å²) in [5.41, 5.74) is 0.776. The third-order valence-corrected chi connectivity index (χ3v) is 6.16. The molecule has 10 heteroatoms. The van der Waals surface area contributed by atoms with Crippen LogP contribution in [0.3, 0.4) is 0 Å². The number of halogens is 4. The van der Waals surface area contributed by atoms with Gasteiger partial charge in [-0.2, -0.15) is 13.2 Å². The molecule has 0 spiro atoms. The number of hydrogen-bond acceptors (Lipinski definition) is 5. The second-order valence-corrected chi connectivity index (χ2v) is 8.76. The highest BCUT2D eigenvalue weighted by Crippen LogP contribution is 2.34. The minimum absolute atomic E-state index is 0.0885. The molecular formula is C25H18ClF3N2O3S. The molecule has 1 aliphatic heterocycles. The van der Waals surface area contributed by atoms with Gasteiger partial charge in [-0.25, -0.2) is 4.99 Å². The van der Waals surface area contributed by atoms with Crippen LogP contribution in [0.4, 0.5) is 18.9 Å². The number of methoxy groups -OCH3 is 1. The van der Waals surface area contributed by atoms with E-state index in [4.69, 9.17) is 21.1 Å². The van der Waals surface area contributed by atoms with Crippen molar-refractivity contribution in [2.24, 2.45) is 4.99 Å². The van der Waals surface area contributed by atoms with Crippen molar-refractivity contribution in [3.63, 3.8) is 0 Å². The molecule has 0 atom stereocenters. The molecule has 1 N–H and O–H groups in total. The van der Waals surface area contributed by atoms with Gasteiger partial charge in [-0.1, -0.05) is 41.9 Å². The van der Waals surface area contributed by atoms with Gasteiger partial charge in [0.05, 0.1) is 23.3 Å². The van der Waals surface area contributed by atoms with Gasteiger partial charge in [0.15, 0.2) is 16.7 Å². The lowest BCUT2D eigenvalue weighted by Crippen LogP contribution is -2.19. The number of alkyl halides is 3. The maximum Gasteiger partial charge on any atom is 0.416 e. The Balaban J connectivity index is 1.50. The van der Waals surface area contributed by atoms with E-state index in [1.54, 1.807) is 30.3 Å². The SMILES string of the molecule is COc1cc(/C=C2\SC(=Nc3cccc(C(F)(F)F)c3)NC2=O)ccc1OCc1ccccc1Cl. The zero-order valence-electron chi connectivity index (χ0n) is 18.2. The maximum atomic E-state index is 12.9. The highest BCUT2D eigenvalue weighted by molar-refractivity contribution is 8.18. The highest BCUT2D eigenvalue weighted by atomic mass is 35.5. The molecule has 0 aromatic heterocycles. The average Bonchev–Trinajstić information content (AvgIpc) is 3.16.